The van der Waals surface area contributed by atoms with Gasteiger partial charge in [0.2, 0.25) is 5.91 Å². The topological polar surface area (TPSA) is 72.3 Å². The van der Waals surface area contributed by atoms with E-state index in [4.69, 9.17) is 11.5 Å². The summed E-state index contributed by atoms with van der Waals surface area (Å²) in [6.45, 7) is 1.18. The van der Waals surface area contributed by atoms with Crippen LogP contribution in [0, 0.1) is 0 Å². The van der Waals surface area contributed by atoms with Crippen LogP contribution in [0.1, 0.15) is 12.0 Å². The van der Waals surface area contributed by atoms with Crippen LogP contribution in [0.4, 0.5) is 5.69 Å². The molecule has 4 N–H and O–H groups in total. The molecule has 1 rings (SSSR count). The van der Waals surface area contributed by atoms with Gasteiger partial charge in [0.05, 0.1) is 0 Å². The Morgan fingerprint density at radius 1 is 1.33 bits per heavy atom. The van der Waals surface area contributed by atoms with Gasteiger partial charge in [0.1, 0.15) is 0 Å². The van der Waals surface area contributed by atoms with E-state index < -0.39 is 0 Å². The third-order valence-electron chi connectivity index (χ3n) is 2.31. The summed E-state index contributed by atoms with van der Waals surface area (Å²) in [5, 5.41) is 0. The average Bonchev–Trinajstić information content (AvgIpc) is 2.26. The molecule has 15 heavy (non-hydrogen) atoms. The molecule has 0 atom stereocenters. The molecule has 82 valence electrons. The van der Waals surface area contributed by atoms with Crippen molar-refractivity contribution in [2.45, 2.75) is 13.0 Å². The number of primary amides is 1. The fourth-order valence-corrected chi connectivity index (χ4v) is 1.29. The van der Waals surface area contributed by atoms with Gasteiger partial charge in [-0.05, 0) is 17.7 Å². The molecule has 0 aliphatic carbocycles. The smallest absolute Gasteiger partial charge is 0.219 e. The van der Waals surface area contributed by atoms with Crippen molar-refractivity contribution in [3.8, 4) is 0 Å². The number of nitrogens with zero attached hydrogens (tertiary/aromatic N) is 1. The summed E-state index contributed by atoms with van der Waals surface area (Å²) < 4.78 is 0. The average molecular weight is 207 g/mol. The molecule has 0 fully saturated rings. The normalized spacial score (nSPS) is 10.0. The summed E-state index contributed by atoms with van der Waals surface area (Å²) in [6.07, 6.45) is 0.370. The number of amides is 1. The van der Waals surface area contributed by atoms with Crippen LogP contribution < -0.4 is 16.4 Å². The minimum absolute atomic E-state index is 0.277. The highest BCUT2D eigenvalue weighted by molar-refractivity contribution is 5.74. The van der Waals surface area contributed by atoms with E-state index in [1.54, 1.807) is 0 Å². The van der Waals surface area contributed by atoms with Crippen LogP contribution in [0.25, 0.3) is 0 Å². The highest BCUT2D eigenvalue weighted by Crippen LogP contribution is 2.13. The van der Waals surface area contributed by atoms with E-state index in [0.29, 0.717) is 19.5 Å². The maximum Gasteiger partial charge on any atom is 0.219 e. The molecular weight excluding hydrogens is 190 g/mol. The lowest BCUT2D eigenvalue weighted by Gasteiger charge is -2.18. The maximum atomic E-state index is 10.6. The summed E-state index contributed by atoms with van der Waals surface area (Å²) in [7, 11) is 1.93. The third-order valence-corrected chi connectivity index (χ3v) is 2.31. The fourth-order valence-electron chi connectivity index (χ4n) is 1.29. The quantitative estimate of drug-likeness (QED) is 0.736. The molecule has 0 heterocycles. The Morgan fingerprint density at radius 3 is 2.40 bits per heavy atom. The number of nitrogens with two attached hydrogens (primary N) is 2. The van der Waals surface area contributed by atoms with Crippen LogP contribution in [0.5, 0.6) is 0 Å². The first kappa shape index (κ1) is 11.5. The Balaban J connectivity index is 2.57. The van der Waals surface area contributed by atoms with E-state index in [2.05, 4.69) is 0 Å². The number of benzene rings is 1. The second-order valence-corrected chi connectivity index (χ2v) is 3.51. The zero-order valence-corrected chi connectivity index (χ0v) is 8.94. The van der Waals surface area contributed by atoms with Crippen LogP contribution in [-0.2, 0) is 11.3 Å². The molecule has 1 aromatic carbocycles. The second kappa shape index (κ2) is 5.36. The van der Waals surface area contributed by atoms with Crippen molar-refractivity contribution in [2.24, 2.45) is 11.5 Å². The monoisotopic (exact) mass is 207 g/mol. The first-order chi connectivity index (χ1) is 7.13. The van der Waals surface area contributed by atoms with E-state index >= 15 is 0 Å². The summed E-state index contributed by atoms with van der Waals surface area (Å²) in [6, 6.07) is 7.94. The number of hydrogen-bond donors (Lipinski definition) is 2. The summed E-state index contributed by atoms with van der Waals surface area (Å²) >= 11 is 0. The van der Waals surface area contributed by atoms with E-state index in [0.717, 1.165) is 11.3 Å². The molecule has 4 heteroatoms. The van der Waals surface area contributed by atoms with Crippen LogP contribution in [0.15, 0.2) is 24.3 Å². The Kier molecular flexibility index (Phi) is 4.12. The number of rotatable bonds is 5. The predicted molar refractivity (Wildman–Crippen MR) is 61.4 cm³/mol. The Bertz CT molecular complexity index is 321. The highest BCUT2D eigenvalue weighted by atomic mass is 16.1. The van der Waals surface area contributed by atoms with Crippen molar-refractivity contribution in [2.75, 3.05) is 18.5 Å². The molecule has 0 aliphatic heterocycles. The number of hydrogen-bond acceptors (Lipinski definition) is 3. The van der Waals surface area contributed by atoms with Crippen molar-refractivity contribution in [1.29, 1.82) is 0 Å². The van der Waals surface area contributed by atoms with Gasteiger partial charge in [-0.2, -0.15) is 0 Å². The van der Waals surface area contributed by atoms with Gasteiger partial charge in [-0.3, -0.25) is 4.79 Å². The van der Waals surface area contributed by atoms with E-state index in [-0.39, 0.29) is 5.91 Å². The van der Waals surface area contributed by atoms with Crippen LogP contribution in [-0.4, -0.2) is 19.5 Å². The molecule has 0 bridgehead atoms. The van der Waals surface area contributed by atoms with Crippen LogP contribution >= 0.6 is 0 Å². The standard InChI is InChI=1S/C11H17N3O/c1-14(7-6-11(13)15)10-4-2-9(8-12)3-5-10/h2-5H,6-8,12H2,1H3,(H2,13,15). The number of carbonyl (C=O) groups excluding carboxylic acids is 1. The SMILES string of the molecule is CN(CCC(N)=O)c1ccc(CN)cc1. The largest absolute Gasteiger partial charge is 0.374 e. The number of anilines is 1. The molecule has 0 aromatic heterocycles. The van der Waals surface area contributed by atoms with Crippen molar-refractivity contribution in [1.82, 2.24) is 0 Å². The van der Waals surface area contributed by atoms with Gasteiger partial charge < -0.3 is 16.4 Å². The van der Waals surface area contributed by atoms with Gasteiger partial charge in [-0.1, -0.05) is 12.1 Å². The lowest BCUT2D eigenvalue weighted by molar-refractivity contribution is -0.117. The molecule has 1 amide bonds. The van der Waals surface area contributed by atoms with Gasteiger partial charge in [-0.25, -0.2) is 0 Å². The lowest BCUT2D eigenvalue weighted by Crippen LogP contribution is -2.24. The van der Waals surface area contributed by atoms with Crippen LogP contribution in [0.2, 0.25) is 0 Å². The van der Waals surface area contributed by atoms with Gasteiger partial charge in [0.15, 0.2) is 0 Å². The Morgan fingerprint density at radius 2 is 1.93 bits per heavy atom. The minimum atomic E-state index is -0.277. The van der Waals surface area contributed by atoms with Crippen molar-refractivity contribution in [3.63, 3.8) is 0 Å². The Labute approximate surface area is 89.9 Å². The second-order valence-electron chi connectivity index (χ2n) is 3.51. The van der Waals surface area contributed by atoms with Crippen molar-refractivity contribution >= 4 is 11.6 Å². The molecule has 0 aliphatic rings. The molecule has 0 spiro atoms. The zero-order valence-electron chi connectivity index (χ0n) is 8.94. The molecule has 0 unspecified atom stereocenters. The van der Waals surface area contributed by atoms with Gasteiger partial charge in [0.25, 0.3) is 0 Å². The van der Waals surface area contributed by atoms with Crippen molar-refractivity contribution in [3.05, 3.63) is 29.8 Å². The van der Waals surface area contributed by atoms with Gasteiger partial charge >= 0.3 is 0 Å². The van der Waals surface area contributed by atoms with Gasteiger partial charge in [-0.15, -0.1) is 0 Å². The molecule has 4 nitrogen and oxygen atoms in total. The number of carbonyl (C=O) groups is 1. The fraction of sp³-hybridized carbons (Fsp3) is 0.364. The summed E-state index contributed by atoms with van der Waals surface area (Å²) in [4.78, 5) is 12.6. The first-order valence-electron chi connectivity index (χ1n) is 4.92. The summed E-state index contributed by atoms with van der Waals surface area (Å²) in [5.41, 5.74) is 12.7. The Hall–Kier alpha value is -1.55. The molecule has 0 saturated heterocycles. The van der Waals surface area contributed by atoms with E-state index in [9.17, 15) is 4.79 Å². The third kappa shape index (κ3) is 3.59. The lowest BCUT2D eigenvalue weighted by atomic mass is 10.2. The zero-order chi connectivity index (χ0) is 11.3. The minimum Gasteiger partial charge on any atom is -0.374 e. The molecule has 0 radical (unpaired) electrons. The molecule has 0 saturated carbocycles. The predicted octanol–water partition coefficient (Wildman–Crippen LogP) is 0.457. The molecule has 1 aromatic rings. The van der Waals surface area contributed by atoms with Crippen molar-refractivity contribution < 1.29 is 4.79 Å². The van der Waals surface area contributed by atoms with Crippen LogP contribution in [0.3, 0.4) is 0 Å². The van der Waals surface area contributed by atoms with E-state index in [1.165, 1.54) is 0 Å². The maximum absolute atomic E-state index is 10.6. The van der Waals surface area contributed by atoms with E-state index in [1.807, 2.05) is 36.2 Å². The van der Waals surface area contributed by atoms with Gasteiger partial charge in [0, 0.05) is 32.2 Å². The summed E-state index contributed by atoms with van der Waals surface area (Å²) in [5.74, 6) is -0.277. The molecular formula is C11H17N3O. The first-order valence-corrected chi connectivity index (χ1v) is 4.92. The highest BCUT2D eigenvalue weighted by Gasteiger charge is 2.02.